The molecule has 0 N–H and O–H groups in total. The predicted octanol–water partition coefficient (Wildman–Crippen LogP) is 7.12. The van der Waals surface area contributed by atoms with Gasteiger partial charge in [0.05, 0.1) is 12.9 Å². The Labute approximate surface area is 182 Å². The van der Waals surface area contributed by atoms with Crippen LogP contribution in [0.15, 0.2) is 49.1 Å². The Balaban J connectivity index is 1.54. The van der Waals surface area contributed by atoms with Crippen molar-refractivity contribution in [2.45, 2.75) is 88.7 Å². The molecule has 0 radical (unpaired) electrons. The quantitative estimate of drug-likeness (QED) is 0.242. The van der Waals surface area contributed by atoms with Crippen LogP contribution in [0.5, 0.6) is 0 Å². The van der Waals surface area contributed by atoms with Crippen molar-refractivity contribution in [3.63, 3.8) is 0 Å². The lowest BCUT2D eigenvalue weighted by molar-refractivity contribution is 0.128. The van der Waals surface area contributed by atoms with Crippen LogP contribution in [0.25, 0.3) is 0 Å². The molecule has 29 heavy (non-hydrogen) atoms. The molecule has 2 rings (SSSR count). The molecule has 0 saturated heterocycles. The maximum absolute atomic E-state index is 6.05. The minimum absolute atomic E-state index is 0.451. The van der Waals surface area contributed by atoms with E-state index in [0.29, 0.717) is 5.25 Å². The molecule has 1 atom stereocenters. The molecule has 0 saturated carbocycles. The summed E-state index contributed by atoms with van der Waals surface area (Å²) in [7, 11) is 0. The van der Waals surface area contributed by atoms with E-state index in [1.165, 1.54) is 69.8 Å². The molecular formula is C25H40N2OS. The van der Waals surface area contributed by atoms with Gasteiger partial charge in [-0.2, -0.15) is 0 Å². The molecule has 0 aliphatic rings. The molecule has 0 bridgehead atoms. The number of aromatic nitrogens is 2. The van der Waals surface area contributed by atoms with Gasteiger partial charge in [0.15, 0.2) is 0 Å². The van der Waals surface area contributed by atoms with E-state index in [1.807, 2.05) is 30.5 Å². The summed E-state index contributed by atoms with van der Waals surface area (Å²) in [5, 5.41) is 0.451. The van der Waals surface area contributed by atoms with E-state index in [9.17, 15) is 0 Å². The minimum atomic E-state index is 0.451. The van der Waals surface area contributed by atoms with E-state index in [1.54, 1.807) is 0 Å². The lowest BCUT2D eigenvalue weighted by Crippen LogP contribution is -2.19. The number of ether oxygens (including phenoxy) is 1. The fourth-order valence-corrected chi connectivity index (χ4v) is 4.57. The number of thioether (sulfide) groups is 1. The van der Waals surface area contributed by atoms with Crippen molar-refractivity contribution in [1.82, 2.24) is 9.55 Å². The minimum Gasteiger partial charge on any atom is -0.380 e. The van der Waals surface area contributed by atoms with Crippen molar-refractivity contribution in [2.24, 2.45) is 0 Å². The molecule has 0 fully saturated rings. The van der Waals surface area contributed by atoms with Crippen molar-refractivity contribution in [3.05, 3.63) is 54.6 Å². The molecule has 0 spiro atoms. The number of imidazole rings is 1. The van der Waals surface area contributed by atoms with Crippen molar-refractivity contribution < 1.29 is 4.74 Å². The molecule has 3 nitrogen and oxygen atoms in total. The summed E-state index contributed by atoms with van der Waals surface area (Å²) in [4.78, 5) is 4.17. The van der Waals surface area contributed by atoms with Crippen LogP contribution in [0.1, 0.15) is 76.7 Å². The molecule has 1 aromatic carbocycles. The molecule has 162 valence electrons. The van der Waals surface area contributed by atoms with Gasteiger partial charge in [0.2, 0.25) is 0 Å². The van der Waals surface area contributed by atoms with Crippen LogP contribution in [0.2, 0.25) is 0 Å². The Morgan fingerprint density at radius 3 is 2.28 bits per heavy atom. The maximum Gasteiger partial charge on any atom is 0.0946 e. The topological polar surface area (TPSA) is 27.1 Å². The molecule has 2 aromatic rings. The summed E-state index contributed by atoms with van der Waals surface area (Å²) in [6.45, 7) is 4.94. The number of unbranched alkanes of at least 4 members (excludes halogenated alkanes) is 9. The second-order valence-corrected chi connectivity index (χ2v) is 9.22. The Bertz CT molecular complexity index is 588. The summed E-state index contributed by atoms with van der Waals surface area (Å²) in [6.07, 6.45) is 19.5. The smallest absolute Gasteiger partial charge is 0.0946 e. The molecule has 0 aliphatic carbocycles. The molecule has 0 aliphatic heterocycles. The van der Waals surface area contributed by atoms with E-state index >= 15 is 0 Å². The van der Waals surface area contributed by atoms with Crippen molar-refractivity contribution in [3.8, 4) is 0 Å². The van der Waals surface area contributed by atoms with Crippen molar-refractivity contribution in [2.75, 3.05) is 13.2 Å². The first-order chi connectivity index (χ1) is 14.4. The van der Waals surface area contributed by atoms with E-state index in [4.69, 9.17) is 4.74 Å². The molecule has 1 aromatic heterocycles. The van der Waals surface area contributed by atoms with Gasteiger partial charge in [-0.3, -0.25) is 0 Å². The monoisotopic (exact) mass is 416 g/mol. The van der Waals surface area contributed by atoms with E-state index in [0.717, 1.165) is 25.5 Å². The third-order valence-corrected chi connectivity index (χ3v) is 6.50. The third-order valence-electron chi connectivity index (χ3n) is 5.25. The first-order valence-corrected chi connectivity index (χ1v) is 12.6. The van der Waals surface area contributed by atoms with Gasteiger partial charge in [0, 0.05) is 36.5 Å². The average molecular weight is 417 g/mol. The van der Waals surface area contributed by atoms with E-state index < -0.39 is 0 Å². The summed E-state index contributed by atoms with van der Waals surface area (Å²) < 4.78 is 8.21. The second kappa shape index (κ2) is 16.5. The largest absolute Gasteiger partial charge is 0.380 e. The first kappa shape index (κ1) is 24.0. The van der Waals surface area contributed by atoms with Gasteiger partial charge in [-0.05, 0) is 12.0 Å². The molecule has 4 heteroatoms. The molecule has 0 amide bonds. The zero-order valence-electron chi connectivity index (χ0n) is 18.3. The fraction of sp³-hybridized carbons (Fsp3) is 0.640. The zero-order chi connectivity index (χ0) is 20.4. The second-order valence-electron chi connectivity index (χ2n) is 7.93. The fourth-order valence-electron chi connectivity index (χ4n) is 3.48. The van der Waals surface area contributed by atoms with Gasteiger partial charge in [0.1, 0.15) is 0 Å². The van der Waals surface area contributed by atoms with Crippen LogP contribution in [0.3, 0.4) is 0 Å². The van der Waals surface area contributed by atoms with Gasteiger partial charge in [-0.15, -0.1) is 11.8 Å². The number of hydrogen-bond acceptors (Lipinski definition) is 3. The Morgan fingerprint density at radius 1 is 0.931 bits per heavy atom. The lowest BCUT2D eigenvalue weighted by atomic mass is 10.1. The number of hydrogen-bond donors (Lipinski definition) is 0. The predicted molar refractivity (Wildman–Crippen MR) is 126 cm³/mol. The van der Waals surface area contributed by atoms with Gasteiger partial charge in [0.25, 0.3) is 0 Å². The van der Waals surface area contributed by atoms with Crippen LogP contribution in [-0.2, 0) is 17.0 Å². The number of benzene rings is 1. The highest BCUT2D eigenvalue weighted by Crippen LogP contribution is 2.20. The van der Waals surface area contributed by atoms with Crippen LogP contribution in [0, 0.1) is 0 Å². The van der Waals surface area contributed by atoms with Gasteiger partial charge < -0.3 is 9.30 Å². The molecule has 1 heterocycles. The van der Waals surface area contributed by atoms with E-state index in [-0.39, 0.29) is 0 Å². The highest BCUT2D eigenvalue weighted by atomic mass is 32.2. The standard InChI is InChI=1S/C25H40N2OS/c1-2-3-4-5-6-7-8-9-10-14-19-28-21-25(20-27-18-17-26-23-27)29-22-24-15-12-11-13-16-24/h11-13,15-18,23,25H,2-10,14,19-22H2,1H3. The van der Waals surface area contributed by atoms with Gasteiger partial charge in [-0.1, -0.05) is 95.0 Å². The number of rotatable bonds is 18. The summed E-state index contributed by atoms with van der Waals surface area (Å²) in [5.41, 5.74) is 1.38. The van der Waals surface area contributed by atoms with Crippen LogP contribution < -0.4 is 0 Å². The Morgan fingerprint density at radius 2 is 1.62 bits per heavy atom. The average Bonchev–Trinajstić information content (AvgIpc) is 3.26. The summed E-state index contributed by atoms with van der Waals surface area (Å²) >= 11 is 1.98. The number of nitrogens with zero attached hydrogens (tertiary/aromatic N) is 2. The van der Waals surface area contributed by atoms with Crippen molar-refractivity contribution >= 4 is 11.8 Å². The summed E-state index contributed by atoms with van der Waals surface area (Å²) in [5.74, 6) is 1.03. The zero-order valence-corrected chi connectivity index (χ0v) is 19.1. The van der Waals surface area contributed by atoms with Gasteiger partial charge in [-0.25, -0.2) is 4.98 Å². The van der Waals surface area contributed by atoms with Crippen LogP contribution in [0.4, 0.5) is 0 Å². The van der Waals surface area contributed by atoms with Crippen LogP contribution in [-0.4, -0.2) is 28.0 Å². The van der Waals surface area contributed by atoms with E-state index in [2.05, 4.69) is 46.8 Å². The molecule has 1 unspecified atom stereocenters. The normalized spacial score (nSPS) is 12.3. The summed E-state index contributed by atoms with van der Waals surface area (Å²) in [6, 6.07) is 10.7. The Hall–Kier alpha value is -1.26. The Kier molecular flexibility index (Phi) is 13.7. The molecular weight excluding hydrogens is 376 g/mol. The first-order valence-electron chi connectivity index (χ1n) is 11.6. The third kappa shape index (κ3) is 12.1. The SMILES string of the molecule is CCCCCCCCCCCCOCC(Cn1ccnc1)SCc1ccccc1. The maximum atomic E-state index is 6.05. The lowest BCUT2D eigenvalue weighted by Gasteiger charge is -2.17. The van der Waals surface area contributed by atoms with Crippen LogP contribution >= 0.6 is 11.8 Å². The highest BCUT2D eigenvalue weighted by molar-refractivity contribution is 7.99. The highest BCUT2D eigenvalue weighted by Gasteiger charge is 2.11. The van der Waals surface area contributed by atoms with Crippen molar-refractivity contribution in [1.29, 1.82) is 0 Å². The van der Waals surface area contributed by atoms with Gasteiger partial charge >= 0.3 is 0 Å².